The van der Waals surface area contributed by atoms with Gasteiger partial charge < -0.3 is 9.88 Å². The number of halogens is 1. The first-order valence-electron chi connectivity index (χ1n) is 8.43. The second-order valence-electron chi connectivity index (χ2n) is 6.20. The third-order valence-electron chi connectivity index (χ3n) is 4.45. The van der Waals surface area contributed by atoms with Crippen LogP contribution in [0.25, 0.3) is 11.3 Å². The molecule has 0 bridgehead atoms. The number of rotatable bonds is 3. The van der Waals surface area contributed by atoms with E-state index in [0.29, 0.717) is 10.6 Å². The number of para-hydroxylation sites is 1. The molecule has 0 atom stereocenters. The van der Waals surface area contributed by atoms with Crippen LogP contribution in [0.2, 0.25) is 5.02 Å². The third-order valence-corrected chi connectivity index (χ3v) is 4.68. The number of aryl methyl sites for hydroxylation is 2. The Morgan fingerprint density at radius 2 is 2.00 bits per heavy atom. The zero-order valence-electron chi connectivity index (χ0n) is 13.7. The minimum Gasteiger partial charge on any atom is -0.334 e. The number of fused-ring (bicyclic) bond motifs is 1. The molecule has 2 aromatic carbocycles. The van der Waals surface area contributed by atoms with Crippen molar-refractivity contribution in [1.29, 1.82) is 0 Å². The Labute approximate surface area is 151 Å². The maximum atomic E-state index is 12.5. The molecule has 3 aromatic rings. The summed E-state index contributed by atoms with van der Waals surface area (Å²) in [6.07, 6.45) is 5.47. The molecule has 126 valence electrons. The zero-order chi connectivity index (χ0) is 17.2. The highest BCUT2D eigenvalue weighted by Gasteiger charge is 2.16. The molecule has 0 radical (unpaired) electrons. The van der Waals surface area contributed by atoms with Gasteiger partial charge in [0.05, 0.1) is 11.4 Å². The maximum Gasteiger partial charge on any atom is 0.255 e. The van der Waals surface area contributed by atoms with E-state index in [9.17, 15) is 4.79 Å². The summed E-state index contributed by atoms with van der Waals surface area (Å²) in [4.78, 5) is 17.3. The van der Waals surface area contributed by atoms with E-state index in [1.165, 1.54) is 12.8 Å². The molecule has 0 saturated carbocycles. The topological polar surface area (TPSA) is 46.9 Å². The van der Waals surface area contributed by atoms with Crippen LogP contribution in [0, 0.1) is 0 Å². The quantitative estimate of drug-likeness (QED) is 0.737. The van der Waals surface area contributed by atoms with Gasteiger partial charge >= 0.3 is 0 Å². The number of amides is 1. The number of benzene rings is 2. The molecule has 1 aliphatic heterocycles. The number of hydrogen-bond acceptors (Lipinski definition) is 2. The molecule has 1 amide bonds. The maximum absolute atomic E-state index is 12.5. The first kappa shape index (κ1) is 15.9. The van der Waals surface area contributed by atoms with Crippen molar-refractivity contribution in [3.8, 4) is 11.3 Å². The van der Waals surface area contributed by atoms with Crippen LogP contribution in [0.5, 0.6) is 0 Å². The third kappa shape index (κ3) is 3.30. The Kier molecular flexibility index (Phi) is 4.28. The summed E-state index contributed by atoms with van der Waals surface area (Å²) in [6, 6.07) is 14.7. The molecule has 0 saturated heterocycles. The smallest absolute Gasteiger partial charge is 0.255 e. The lowest BCUT2D eigenvalue weighted by atomic mass is 10.1. The summed E-state index contributed by atoms with van der Waals surface area (Å²) in [5.41, 5.74) is 3.12. The van der Waals surface area contributed by atoms with Crippen LogP contribution in [0.15, 0.2) is 54.7 Å². The summed E-state index contributed by atoms with van der Waals surface area (Å²) in [5, 5.41) is 3.53. The fourth-order valence-corrected chi connectivity index (χ4v) is 3.37. The number of hydrogen-bond donors (Lipinski definition) is 1. The van der Waals surface area contributed by atoms with E-state index in [4.69, 9.17) is 16.6 Å². The van der Waals surface area contributed by atoms with Crippen molar-refractivity contribution in [2.24, 2.45) is 0 Å². The van der Waals surface area contributed by atoms with Gasteiger partial charge in [-0.25, -0.2) is 4.98 Å². The van der Waals surface area contributed by atoms with Gasteiger partial charge in [-0.1, -0.05) is 35.9 Å². The van der Waals surface area contributed by atoms with E-state index >= 15 is 0 Å². The highest BCUT2D eigenvalue weighted by molar-refractivity contribution is 6.31. The molecule has 2 heterocycles. The number of carbonyl (C=O) groups excluding carboxylic acids is 1. The lowest BCUT2D eigenvalue weighted by molar-refractivity contribution is 0.102. The summed E-state index contributed by atoms with van der Waals surface area (Å²) >= 11 is 5.98. The summed E-state index contributed by atoms with van der Waals surface area (Å²) in [5.74, 6) is 0.941. The van der Waals surface area contributed by atoms with E-state index in [-0.39, 0.29) is 5.91 Å². The first-order chi connectivity index (χ1) is 12.2. The minimum absolute atomic E-state index is 0.182. The van der Waals surface area contributed by atoms with Crippen molar-refractivity contribution in [3.05, 3.63) is 71.1 Å². The highest BCUT2D eigenvalue weighted by atomic mass is 35.5. The van der Waals surface area contributed by atoms with E-state index < -0.39 is 0 Å². The average molecular weight is 352 g/mol. The first-order valence-corrected chi connectivity index (χ1v) is 8.81. The van der Waals surface area contributed by atoms with Crippen molar-refractivity contribution >= 4 is 23.2 Å². The largest absolute Gasteiger partial charge is 0.334 e. The van der Waals surface area contributed by atoms with E-state index in [1.807, 2.05) is 24.3 Å². The van der Waals surface area contributed by atoms with Crippen molar-refractivity contribution < 1.29 is 4.79 Å². The Morgan fingerprint density at radius 1 is 1.12 bits per heavy atom. The van der Waals surface area contributed by atoms with Gasteiger partial charge in [-0.15, -0.1) is 0 Å². The van der Waals surface area contributed by atoms with Crippen LogP contribution < -0.4 is 5.32 Å². The Bertz CT molecular complexity index is 909. The van der Waals surface area contributed by atoms with Crippen LogP contribution in [-0.4, -0.2) is 15.5 Å². The molecule has 1 aromatic heterocycles. The number of anilines is 1. The molecule has 1 N–H and O–H groups in total. The van der Waals surface area contributed by atoms with Crippen molar-refractivity contribution in [2.45, 2.75) is 25.8 Å². The fourth-order valence-electron chi connectivity index (χ4n) is 3.18. The number of nitrogens with zero attached hydrogens (tertiary/aromatic N) is 2. The van der Waals surface area contributed by atoms with Crippen LogP contribution in [0.1, 0.15) is 29.0 Å². The zero-order valence-corrected chi connectivity index (χ0v) is 14.5. The van der Waals surface area contributed by atoms with Gasteiger partial charge in [0.25, 0.3) is 5.91 Å². The SMILES string of the molecule is O=C(Nc1ccccc1-c1cn2c(n1)CCCC2)c1cccc(Cl)c1. The molecule has 5 heteroatoms. The second kappa shape index (κ2) is 6.73. The number of aromatic nitrogens is 2. The van der Waals surface area contributed by atoms with Gasteiger partial charge in [0, 0.05) is 35.3 Å². The van der Waals surface area contributed by atoms with Crippen molar-refractivity contribution in [1.82, 2.24) is 9.55 Å². The molecule has 0 unspecified atom stereocenters. The Morgan fingerprint density at radius 3 is 2.84 bits per heavy atom. The van der Waals surface area contributed by atoms with Crippen LogP contribution >= 0.6 is 11.6 Å². The molecular weight excluding hydrogens is 334 g/mol. The minimum atomic E-state index is -0.182. The fraction of sp³-hybridized carbons (Fsp3) is 0.200. The van der Waals surface area contributed by atoms with Crippen molar-refractivity contribution in [3.63, 3.8) is 0 Å². The summed E-state index contributed by atoms with van der Waals surface area (Å²) in [7, 11) is 0. The Hall–Kier alpha value is -2.59. The van der Waals surface area contributed by atoms with Crippen LogP contribution in [0.3, 0.4) is 0 Å². The monoisotopic (exact) mass is 351 g/mol. The van der Waals surface area contributed by atoms with Gasteiger partial charge in [-0.3, -0.25) is 4.79 Å². The highest BCUT2D eigenvalue weighted by Crippen LogP contribution is 2.29. The van der Waals surface area contributed by atoms with E-state index in [2.05, 4.69) is 16.1 Å². The summed E-state index contributed by atoms with van der Waals surface area (Å²) < 4.78 is 2.22. The van der Waals surface area contributed by atoms with Crippen molar-refractivity contribution in [2.75, 3.05) is 5.32 Å². The number of imidazole rings is 1. The molecular formula is C20H18ClN3O. The molecule has 4 nitrogen and oxygen atoms in total. The average Bonchev–Trinajstić information content (AvgIpc) is 3.06. The standard InChI is InChI=1S/C20H18ClN3O/c21-15-7-5-6-14(12-15)20(25)23-17-9-2-1-8-16(17)18-13-24-11-4-3-10-19(24)22-18/h1-2,5-9,12-13H,3-4,10-11H2,(H,23,25). The lowest BCUT2D eigenvalue weighted by Crippen LogP contribution is -2.12. The summed E-state index contributed by atoms with van der Waals surface area (Å²) in [6.45, 7) is 1.01. The van der Waals surface area contributed by atoms with E-state index in [1.54, 1.807) is 24.3 Å². The van der Waals surface area contributed by atoms with Crippen LogP contribution in [0.4, 0.5) is 5.69 Å². The number of nitrogens with one attached hydrogen (secondary N) is 1. The Balaban J connectivity index is 1.65. The van der Waals surface area contributed by atoms with Gasteiger partial charge in [0.15, 0.2) is 0 Å². The van der Waals surface area contributed by atoms with E-state index in [0.717, 1.165) is 35.7 Å². The van der Waals surface area contributed by atoms with Crippen LogP contribution in [-0.2, 0) is 13.0 Å². The normalized spacial score (nSPS) is 13.3. The molecule has 4 rings (SSSR count). The van der Waals surface area contributed by atoms with Gasteiger partial charge in [0.1, 0.15) is 5.82 Å². The molecule has 0 fully saturated rings. The van der Waals surface area contributed by atoms with Gasteiger partial charge in [0.2, 0.25) is 0 Å². The second-order valence-corrected chi connectivity index (χ2v) is 6.64. The van der Waals surface area contributed by atoms with Gasteiger partial charge in [-0.05, 0) is 37.1 Å². The molecule has 1 aliphatic rings. The van der Waals surface area contributed by atoms with Gasteiger partial charge in [-0.2, -0.15) is 0 Å². The number of carbonyl (C=O) groups is 1. The molecule has 0 aliphatic carbocycles. The molecule has 0 spiro atoms. The predicted octanol–water partition coefficient (Wildman–Crippen LogP) is 4.79. The lowest BCUT2D eigenvalue weighted by Gasteiger charge is -2.11. The molecule has 25 heavy (non-hydrogen) atoms. The predicted molar refractivity (Wildman–Crippen MR) is 100 cm³/mol.